The molecule has 0 fully saturated rings. The summed E-state index contributed by atoms with van der Waals surface area (Å²) in [6, 6.07) is 3.83. The van der Waals surface area contributed by atoms with Gasteiger partial charge in [0.05, 0.1) is 10.6 Å². The van der Waals surface area contributed by atoms with E-state index in [2.05, 4.69) is 10.1 Å². The van der Waals surface area contributed by atoms with Crippen LogP contribution in [-0.2, 0) is 9.84 Å². The van der Waals surface area contributed by atoms with E-state index in [9.17, 15) is 21.6 Å². The van der Waals surface area contributed by atoms with Gasteiger partial charge < -0.3 is 11.5 Å². The van der Waals surface area contributed by atoms with Crippen molar-refractivity contribution in [3.63, 3.8) is 0 Å². The average molecular weight is 307 g/mol. The molecule has 2 aromatic rings. The van der Waals surface area contributed by atoms with Gasteiger partial charge in [-0.05, 0) is 24.3 Å². The van der Waals surface area contributed by atoms with Crippen LogP contribution in [0.2, 0.25) is 0 Å². The van der Waals surface area contributed by atoms with Crippen molar-refractivity contribution in [1.29, 1.82) is 0 Å². The van der Waals surface area contributed by atoms with Gasteiger partial charge in [0.15, 0.2) is 0 Å². The smallest absolute Gasteiger partial charge is 0.368 e. The minimum Gasteiger partial charge on any atom is -0.368 e. The standard InChI is InChI=1S/C9H8F3N5O2S/c10-9(11,12)20(18,19)6-3-1-5(2-4-6)17-8(14)15-7(13)16-17/h1-4H,(H4,13,14,15,16). The van der Waals surface area contributed by atoms with Gasteiger partial charge in [-0.1, -0.05) is 0 Å². The molecule has 1 aromatic carbocycles. The van der Waals surface area contributed by atoms with Crippen LogP contribution in [0.4, 0.5) is 25.1 Å². The molecule has 0 bridgehead atoms. The molecule has 0 aliphatic rings. The van der Waals surface area contributed by atoms with Crippen molar-refractivity contribution in [2.45, 2.75) is 10.4 Å². The Morgan fingerprint density at radius 2 is 1.65 bits per heavy atom. The molecule has 0 unspecified atom stereocenters. The first-order chi connectivity index (χ1) is 9.13. The molecule has 0 radical (unpaired) electrons. The Morgan fingerprint density at radius 3 is 2.05 bits per heavy atom. The van der Waals surface area contributed by atoms with Crippen molar-refractivity contribution in [2.75, 3.05) is 11.5 Å². The Balaban J connectivity index is 2.44. The van der Waals surface area contributed by atoms with Crippen molar-refractivity contribution in [3.8, 4) is 5.69 Å². The van der Waals surface area contributed by atoms with E-state index in [-0.39, 0.29) is 17.6 Å². The minimum atomic E-state index is -5.38. The summed E-state index contributed by atoms with van der Waals surface area (Å²) >= 11 is 0. The van der Waals surface area contributed by atoms with Crippen LogP contribution in [-0.4, -0.2) is 28.7 Å². The third-order valence-corrected chi connectivity index (χ3v) is 3.85. The molecule has 0 spiro atoms. The van der Waals surface area contributed by atoms with Gasteiger partial charge in [-0.3, -0.25) is 0 Å². The number of hydrogen-bond donors (Lipinski definition) is 2. The van der Waals surface area contributed by atoms with E-state index in [1.54, 1.807) is 0 Å². The van der Waals surface area contributed by atoms with Crippen molar-refractivity contribution in [2.24, 2.45) is 0 Å². The number of aromatic nitrogens is 3. The van der Waals surface area contributed by atoms with Crippen LogP contribution in [0.5, 0.6) is 0 Å². The number of anilines is 2. The number of alkyl halides is 3. The maximum absolute atomic E-state index is 12.4. The first kappa shape index (κ1) is 14.1. The molecule has 11 heteroatoms. The second-order valence-corrected chi connectivity index (χ2v) is 5.62. The largest absolute Gasteiger partial charge is 0.501 e. The van der Waals surface area contributed by atoms with Crippen LogP contribution < -0.4 is 11.5 Å². The van der Waals surface area contributed by atoms with Crippen LogP contribution in [0, 0.1) is 0 Å². The normalized spacial score (nSPS) is 12.6. The highest BCUT2D eigenvalue weighted by atomic mass is 32.2. The molecule has 2 rings (SSSR count). The fraction of sp³-hybridized carbons (Fsp3) is 0.111. The molecular weight excluding hydrogens is 299 g/mol. The van der Waals surface area contributed by atoms with Gasteiger partial charge in [0.2, 0.25) is 11.9 Å². The van der Waals surface area contributed by atoms with E-state index in [0.717, 1.165) is 28.9 Å². The predicted molar refractivity (Wildman–Crippen MR) is 63.4 cm³/mol. The first-order valence-corrected chi connectivity index (χ1v) is 6.51. The zero-order valence-corrected chi connectivity index (χ0v) is 10.5. The number of nitrogen functional groups attached to an aromatic ring is 2. The van der Waals surface area contributed by atoms with Crippen LogP contribution in [0.15, 0.2) is 29.2 Å². The SMILES string of the molecule is Nc1nc(N)n(-c2ccc(S(=O)(=O)C(F)(F)F)cc2)n1. The van der Waals surface area contributed by atoms with Gasteiger partial charge in [-0.2, -0.15) is 22.8 Å². The van der Waals surface area contributed by atoms with Crippen LogP contribution >= 0.6 is 0 Å². The van der Waals surface area contributed by atoms with Gasteiger partial charge in [0, 0.05) is 0 Å². The number of benzene rings is 1. The number of sulfone groups is 1. The summed E-state index contributed by atoms with van der Waals surface area (Å²) < 4.78 is 60.5. The molecule has 7 nitrogen and oxygen atoms in total. The molecule has 0 saturated heterocycles. The molecule has 20 heavy (non-hydrogen) atoms. The van der Waals surface area contributed by atoms with E-state index >= 15 is 0 Å². The number of rotatable bonds is 2. The Hall–Kier alpha value is -2.30. The predicted octanol–water partition coefficient (Wildman–Crippen LogP) is 0.725. The van der Waals surface area contributed by atoms with Crippen molar-refractivity contribution in [1.82, 2.24) is 14.8 Å². The maximum atomic E-state index is 12.4. The Morgan fingerprint density at radius 1 is 1.10 bits per heavy atom. The fourth-order valence-electron chi connectivity index (χ4n) is 1.43. The molecule has 4 N–H and O–H groups in total. The lowest BCUT2D eigenvalue weighted by Gasteiger charge is -2.08. The summed E-state index contributed by atoms with van der Waals surface area (Å²) in [7, 11) is -5.38. The molecule has 0 atom stereocenters. The van der Waals surface area contributed by atoms with Gasteiger partial charge in [-0.25, -0.2) is 8.42 Å². The van der Waals surface area contributed by atoms with E-state index in [1.807, 2.05) is 0 Å². The summed E-state index contributed by atoms with van der Waals surface area (Å²) in [6.45, 7) is 0. The minimum absolute atomic E-state index is 0.0751. The number of halogens is 3. The summed E-state index contributed by atoms with van der Waals surface area (Å²) in [5.41, 5.74) is 5.66. The lowest BCUT2D eigenvalue weighted by Crippen LogP contribution is -2.23. The van der Waals surface area contributed by atoms with Crippen molar-refractivity contribution >= 4 is 21.7 Å². The first-order valence-electron chi connectivity index (χ1n) is 5.03. The molecule has 1 heterocycles. The van der Waals surface area contributed by atoms with Crippen molar-refractivity contribution < 1.29 is 21.6 Å². The fourth-order valence-corrected chi connectivity index (χ4v) is 2.19. The van der Waals surface area contributed by atoms with Crippen LogP contribution in [0.1, 0.15) is 0 Å². The summed E-state index contributed by atoms with van der Waals surface area (Å²) in [5.74, 6) is -0.191. The topological polar surface area (TPSA) is 117 Å². The monoisotopic (exact) mass is 307 g/mol. The lowest BCUT2D eigenvalue weighted by atomic mass is 10.3. The second kappa shape index (κ2) is 4.37. The van der Waals surface area contributed by atoms with Crippen LogP contribution in [0.3, 0.4) is 0 Å². The highest BCUT2D eigenvalue weighted by molar-refractivity contribution is 7.92. The molecule has 0 saturated carbocycles. The average Bonchev–Trinajstić information content (AvgIpc) is 2.67. The number of nitrogens with zero attached hydrogens (tertiary/aromatic N) is 3. The van der Waals surface area contributed by atoms with E-state index in [1.165, 1.54) is 0 Å². The highest BCUT2D eigenvalue weighted by Crippen LogP contribution is 2.30. The van der Waals surface area contributed by atoms with E-state index in [4.69, 9.17) is 11.5 Å². The summed E-state index contributed by atoms with van der Waals surface area (Å²) in [5, 5.41) is 3.71. The summed E-state index contributed by atoms with van der Waals surface area (Å²) in [4.78, 5) is 2.73. The zero-order valence-electron chi connectivity index (χ0n) is 9.66. The van der Waals surface area contributed by atoms with Crippen LogP contribution in [0.25, 0.3) is 5.69 Å². The molecule has 108 valence electrons. The maximum Gasteiger partial charge on any atom is 0.501 e. The quantitative estimate of drug-likeness (QED) is 0.844. The molecule has 0 aliphatic carbocycles. The van der Waals surface area contributed by atoms with E-state index in [0.29, 0.717) is 0 Å². The number of nitrogens with two attached hydrogens (primary N) is 2. The van der Waals surface area contributed by atoms with Gasteiger partial charge in [0.1, 0.15) is 0 Å². The van der Waals surface area contributed by atoms with Gasteiger partial charge in [0.25, 0.3) is 9.84 Å². The van der Waals surface area contributed by atoms with Gasteiger partial charge in [-0.15, -0.1) is 5.10 Å². The van der Waals surface area contributed by atoms with Gasteiger partial charge >= 0.3 is 5.51 Å². The molecular formula is C9H8F3N5O2S. The second-order valence-electron chi connectivity index (χ2n) is 3.68. The van der Waals surface area contributed by atoms with Crippen molar-refractivity contribution in [3.05, 3.63) is 24.3 Å². The Kier molecular flexibility index (Phi) is 3.08. The summed E-state index contributed by atoms with van der Waals surface area (Å²) in [6.07, 6.45) is 0. The molecule has 1 aromatic heterocycles. The Labute approximate surface area is 110 Å². The highest BCUT2D eigenvalue weighted by Gasteiger charge is 2.46. The Bertz CT molecular complexity index is 736. The lowest BCUT2D eigenvalue weighted by molar-refractivity contribution is -0.0436. The van der Waals surface area contributed by atoms with E-state index < -0.39 is 20.2 Å². The number of hydrogen-bond acceptors (Lipinski definition) is 6. The third-order valence-electron chi connectivity index (χ3n) is 2.34. The third kappa shape index (κ3) is 2.27. The zero-order chi connectivity index (χ0) is 15.1. The molecule has 0 aliphatic heterocycles. The molecule has 0 amide bonds.